The predicted molar refractivity (Wildman–Crippen MR) is 47.2 cm³/mol. The Bertz CT molecular complexity index is 76.5. The number of likely N-dealkylation sites (N-methyl/N-ethyl adjacent to an activating group) is 1. The lowest BCUT2D eigenvalue weighted by molar-refractivity contribution is 0.109. The third kappa shape index (κ3) is 9.88. The SMILES string of the molecule is CCCCCOCCN(C)N. The number of rotatable bonds is 7. The molecule has 2 N–H and O–H groups in total. The van der Waals surface area contributed by atoms with Crippen molar-refractivity contribution in [2.75, 3.05) is 26.8 Å². The van der Waals surface area contributed by atoms with Crippen molar-refractivity contribution in [3.8, 4) is 0 Å². The highest BCUT2D eigenvalue weighted by molar-refractivity contribution is 4.39. The second kappa shape index (κ2) is 7.98. The van der Waals surface area contributed by atoms with Gasteiger partial charge in [-0.05, 0) is 6.42 Å². The van der Waals surface area contributed by atoms with Crippen LogP contribution < -0.4 is 5.84 Å². The summed E-state index contributed by atoms with van der Waals surface area (Å²) in [6, 6.07) is 0. The molecular formula is C8H20N2O. The maximum Gasteiger partial charge on any atom is 0.0607 e. The van der Waals surface area contributed by atoms with Crippen molar-refractivity contribution in [2.45, 2.75) is 26.2 Å². The van der Waals surface area contributed by atoms with Crippen molar-refractivity contribution in [1.29, 1.82) is 0 Å². The molecule has 0 aromatic heterocycles. The zero-order valence-electron chi connectivity index (χ0n) is 7.68. The molecule has 68 valence electrons. The normalized spacial score (nSPS) is 10.9. The number of unbranched alkanes of at least 4 members (excludes halogenated alkanes) is 2. The van der Waals surface area contributed by atoms with Crippen LogP contribution in [0.3, 0.4) is 0 Å². The molecule has 0 radical (unpaired) electrons. The Labute approximate surface area is 69.5 Å². The Morgan fingerprint density at radius 1 is 1.27 bits per heavy atom. The molecule has 0 fully saturated rings. The highest BCUT2D eigenvalue weighted by atomic mass is 16.5. The van der Waals surface area contributed by atoms with Gasteiger partial charge in [-0.1, -0.05) is 19.8 Å². The fourth-order valence-electron chi connectivity index (χ4n) is 0.765. The molecule has 0 aromatic rings. The van der Waals surface area contributed by atoms with Crippen LogP contribution in [0.4, 0.5) is 0 Å². The Hall–Kier alpha value is -0.120. The first-order valence-corrected chi connectivity index (χ1v) is 4.31. The van der Waals surface area contributed by atoms with Gasteiger partial charge < -0.3 is 4.74 Å². The van der Waals surface area contributed by atoms with Crippen molar-refractivity contribution in [2.24, 2.45) is 5.84 Å². The lowest BCUT2D eigenvalue weighted by Gasteiger charge is -2.08. The van der Waals surface area contributed by atoms with E-state index in [1.165, 1.54) is 19.3 Å². The molecular weight excluding hydrogens is 140 g/mol. The topological polar surface area (TPSA) is 38.5 Å². The van der Waals surface area contributed by atoms with Crippen LogP contribution in [-0.4, -0.2) is 31.8 Å². The van der Waals surface area contributed by atoms with Crippen molar-refractivity contribution in [3.05, 3.63) is 0 Å². The molecule has 0 saturated carbocycles. The maximum absolute atomic E-state index is 5.39. The molecule has 0 unspecified atom stereocenters. The smallest absolute Gasteiger partial charge is 0.0607 e. The van der Waals surface area contributed by atoms with Gasteiger partial charge in [0.15, 0.2) is 0 Å². The quantitative estimate of drug-likeness (QED) is 0.343. The zero-order chi connectivity index (χ0) is 8.53. The van der Waals surface area contributed by atoms with Crippen molar-refractivity contribution < 1.29 is 4.74 Å². The fourth-order valence-corrected chi connectivity index (χ4v) is 0.765. The second-order valence-corrected chi connectivity index (χ2v) is 2.80. The Balaban J connectivity index is 2.80. The minimum atomic E-state index is 0.747. The molecule has 3 heteroatoms. The Morgan fingerprint density at radius 3 is 2.55 bits per heavy atom. The van der Waals surface area contributed by atoms with E-state index in [-0.39, 0.29) is 0 Å². The molecule has 0 aliphatic heterocycles. The van der Waals surface area contributed by atoms with Gasteiger partial charge in [0.05, 0.1) is 6.61 Å². The first kappa shape index (κ1) is 10.9. The first-order chi connectivity index (χ1) is 5.27. The summed E-state index contributed by atoms with van der Waals surface area (Å²) in [7, 11) is 1.84. The zero-order valence-corrected chi connectivity index (χ0v) is 7.68. The van der Waals surface area contributed by atoms with Gasteiger partial charge in [0, 0.05) is 20.2 Å². The summed E-state index contributed by atoms with van der Waals surface area (Å²) in [6.07, 6.45) is 3.68. The molecule has 0 aliphatic rings. The second-order valence-electron chi connectivity index (χ2n) is 2.80. The van der Waals surface area contributed by atoms with Gasteiger partial charge in [-0.25, -0.2) is 5.01 Å². The van der Waals surface area contributed by atoms with Crippen LogP contribution in [0, 0.1) is 0 Å². The summed E-state index contributed by atoms with van der Waals surface area (Å²) in [5, 5.41) is 1.64. The average molecular weight is 160 g/mol. The number of hydrogen-bond acceptors (Lipinski definition) is 3. The van der Waals surface area contributed by atoms with E-state index in [1.54, 1.807) is 5.01 Å². The van der Waals surface area contributed by atoms with Crippen LogP contribution in [0.2, 0.25) is 0 Å². The van der Waals surface area contributed by atoms with Crippen molar-refractivity contribution >= 4 is 0 Å². The van der Waals surface area contributed by atoms with E-state index in [2.05, 4.69) is 6.92 Å². The van der Waals surface area contributed by atoms with E-state index in [0.717, 1.165) is 19.8 Å². The van der Waals surface area contributed by atoms with Gasteiger partial charge in [0.2, 0.25) is 0 Å². The summed E-state index contributed by atoms with van der Waals surface area (Å²) in [4.78, 5) is 0. The first-order valence-electron chi connectivity index (χ1n) is 4.31. The van der Waals surface area contributed by atoms with E-state index < -0.39 is 0 Å². The number of nitrogens with zero attached hydrogens (tertiary/aromatic N) is 1. The number of ether oxygens (including phenoxy) is 1. The highest BCUT2D eigenvalue weighted by Crippen LogP contribution is 1.93. The largest absolute Gasteiger partial charge is 0.380 e. The lowest BCUT2D eigenvalue weighted by atomic mass is 10.3. The van der Waals surface area contributed by atoms with Crippen LogP contribution >= 0.6 is 0 Å². The molecule has 0 aliphatic carbocycles. The fraction of sp³-hybridized carbons (Fsp3) is 1.00. The third-order valence-electron chi connectivity index (χ3n) is 1.48. The van der Waals surface area contributed by atoms with Crippen LogP contribution in [-0.2, 0) is 4.74 Å². The minimum absolute atomic E-state index is 0.747. The molecule has 0 saturated heterocycles. The predicted octanol–water partition coefficient (Wildman–Crippen LogP) is 0.999. The van der Waals surface area contributed by atoms with Gasteiger partial charge in [0.25, 0.3) is 0 Å². The van der Waals surface area contributed by atoms with Crippen molar-refractivity contribution in [1.82, 2.24) is 5.01 Å². The van der Waals surface area contributed by atoms with Gasteiger partial charge >= 0.3 is 0 Å². The van der Waals surface area contributed by atoms with Crippen LogP contribution in [0.25, 0.3) is 0 Å². The monoisotopic (exact) mass is 160 g/mol. The molecule has 0 atom stereocenters. The van der Waals surface area contributed by atoms with E-state index in [9.17, 15) is 0 Å². The van der Waals surface area contributed by atoms with Crippen LogP contribution in [0.15, 0.2) is 0 Å². The van der Waals surface area contributed by atoms with Gasteiger partial charge in [-0.15, -0.1) is 0 Å². The van der Waals surface area contributed by atoms with Crippen LogP contribution in [0.5, 0.6) is 0 Å². The molecule has 3 nitrogen and oxygen atoms in total. The van der Waals surface area contributed by atoms with Gasteiger partial charge in [0.1, 0.15) is 0 Å². The summed E-state index contributed by atoms with van der Waals surface area (Å²) < 4.78 is 5.32. The Morgan fingerprint density at radius 2 is 2.00 bits per heavy atom. The van der Waals surface area contributed by atoms with Gasteiger partial charge in [-0.2, -0.15) is 0 Å². The summed E-state index contributed by atoms with van der Waals surface area (Å²) in [5.41, 5.74) is 0. The number of nitrogens with two attached hydrogens (primary N) is 1. The van der Waals surface area contributed by atoms with E-state index in [0.29, 0.717) is 0 Å². The lowest BCUT2D eigenvalue weighted by Crippen LogP contribution is -2.29. The molecule has 0 aromatic carbocycles. The van der Waals surface area contributed by atoms with E-state index in [4.69, 9.17) is 10.6 Å². The number of hydrazine groups is 1. The highest BCUT2D eigenvalue weighted by Gasteiger charge is 1.90. The summed E-state index contributed by atoms with van der Waals surface area (Å²) in [5.74, 6) is 5.39. The van der Waals surface area contributed by atoms with E-state index >= 15 is 0 Å². The number of hydrogen-bond donors (Lipinski definition) is 1. The molecule has 0 rings (SSSR count). The molecule has 0 heterocycles. The molecule has 0 bridgehead atoms. The Kier molecular flexibility index (Phi) is 7.89. The summed E-state index contributed by atoms with van der Waals surface area (Å²) in [6.45, 7) is 4.62. The van der Waals surface area contributed by atoms with Crippen molar-refractivity contribution in [3.63, 3.8) is 0 Å². The van der Waals surface area contributed by atoms with E-state index in [1.807, 2.05) is 7.05 Å². The molecule has 11 heavy (non-hydrogen) atoms. The maximum atomic E-state index is 5.39. The molecule has 0 amide bonds. The molecule has 0 spiro atoms. The minimum Gasteiger partial charge on any atom is -0.380 e. The van der Waals surface area contributed by atoms with Gasteiger partial charge in [-0.3, -0.25) is 5.84 Å². The summed E-state index contributed by atoms with van der Waals surface area (Å²) >= 11 is 0. The van der Waals surface area contributed by atoms with Crippen LogP contribution in [0.1, 0.15) is 26.2 Å². The third-order valence-corrected chi connectivity index (χ3v) is 1.48. The standard InChI is InChI=1S/C8H20N2O/c1-3-4-5-7-11-8-6-10(2)9/h3-9H2,1-2H3. The average Bonchev–Trinajstić information content (AvgIpc) is 1.96.